The molecule has 0 aliphatic carbocycles. The lowest BCUT2D eigenvalue weighted by atomic mass is 9.90. The third-order valence-corrected chi connectivity index (χ3v) is 4.80. The molecule has 1 amide bonds. The van der Waals surface area contributed by atoms with Crippen LogP contribution < -0.4 is 5.73 Å². The molecule has 21 heavy (non-hydrogen) atoms. The standard InChI is InChI=1S/C17H24N2O2/c1-12-5-7-19(16(9-12)17(18)20)10-13-3-2-4-14-11-21-8-6-15(13)14/h2-4,12,16H,5-11H2,1H3,(H2,18,20). The van der Waals surface area contributed by atoms with Crippen LogP contribution in [0.15, 0.2) is 18.2 Å². The number of rotatable bonds is 3. The SMILES string of the molecule is CC1CCN(Cc2cccc3c2CCOC3)C(C(N)=O)C1. The van der Waals surface area contributed by atoms with Gasteiger partial charge in [-0.2, -0.15) is 0 Å². The van der Waals surface area contributed by atoms with Crippen LogP contribution in [0.4, 0.5) is 0 Å². The molecule has 2 aliphatic rings. The van der Waals surface area contributed by atoms with Gasteiger partial charge in [-0.05, 0) is 48.4 Å². The Morgan fingerprint density at radius 2 is 2.33 bits per heavy atom. The fraction of sp³-hybridized carbons (Fsp3) is 0.588. The molecule has 1 aromatic carbocycles. The number of ether oxygens (including phenoxy) is 1. The van der Waals surface area contributed by atoms with Crippen LogP contribution in [0.3, 0.4) is 0 Å². The van der Waals surface area contributed by atoms with Gasteiger partial charge in [0, 0.05) is 6.54 Å². The zero-order valence-corrected chi connectivity index (χ0v) is 12.7. The zero-order valence-electron chi connectivity index (χ0n) is 12.7. The van der Waals surface area contributed by atoms with Crippen LogP contribution in [0.1, 0.15) is 36.5 Å². The minimum absolute atomic E-state index is 0.121. The van der Waals surface area contributed by atoms with E-state index < -0.39 is 0 Å². The molecule has 2 heterocycles. The van der Waals surface area contributed by atoms with Crippen molar-refractivity contribution in [2.24, 2.45) is 11.7 Å². The summed E-state index contributed by atoms with van der Waals surface area (Å²) >= 11 is 0. The Morgan fingerprint density at radius 3 is 3.14 bits per heavy atom. The lowest BCUT2D eigenvalue weighted by molar-refractivity contribution is -0.125. The maximum atomic E-state index is 11.7. The summed E-state index contributed by atoms with van der Waals surface area (Å²) in [4.78, 5) is 14.0. The maximum Gasteiger partial charge on any atom is 0.234 e. The smallest absolute Gasteiger partial charge is 0.234 e. The average molecular weight is 288 g/mol. The number of amides is 1. The summed E-state index contributed by atoms with van der Waals surface area (Å²) in [6.07, 6.45) is 2.99. The molecule has 0 spiro atoms. The number of hydrogen-bond acceptors (Lipinski definition) is 3. The van der Waals surface area contributed by atoms with Crippen molar-refractivity contribution in [3.8, 4) is 0 Å². The van der Waals surface area contributed by atoms with Crippen molar-refractivity contribution in [2.75, 3.05) is 13.2 Å². The van der Waals surface area contributed by atoms with Crippen molar-refractivity contribution in [1.29, 1.82) is 0 Å². The van der Waals surface area contributed by atoms with E-state index in [1.807, 2.05) is 0 Å². The molecule has 0 bridgehead atoms. The number of nitrogens with zero attached hydrogens (tertiary/aromatic N) is 1. The molecule has 1 aromatic rings. The summed E-state index contributed by atoms with van der Waals surface area (Å²) in [5, 5.41) is 0. The van der Waals surface area contributed by atoms with Gasteiger partial charge in [0.2, 0.25) is 5.91 Å². The molecule has 114 valence electrons. The van der Waals surface area contributed by atoms with Gasteiger partial charge < -0.3 is 10.5 Å². The number of fused-ring (bicyclic) bond motifs is 1. The number of benzene rings is 1. The molecule has 1 saturated heterocycles. The second-order valence-corrected chi connectivity index (χ2v) is 6.38. The van der Waals surface area contributed by atoms with Gasteiger partial charge in [-0.15, -0.1) is 0 Å². The first-order chi connectivity index (χ1) is 10.1. The summed E-state index contributed by atoms with van der Waals surface area (Å²) in [6.45, 7) is 5.48. The molecule has 0 saturated carbocycles. The molecule has 2 unspecified atom stereocenters. The molecule has 0 aromatic heterocycles. The van der Waals surface area contributed by atoms with Crippen molar-refractivity contribution in [3.05, 3.63) is 34.9 Å². The average Bonchev–Trinajstić information content (AvgIpc) is 2.49. The largest absolute Gasteiger partial charge is 0.376 e. The van der Waals surface area contributed by atoms with Gasteiger partial charge in [-0.1, -0.05) is 25.1 Å². The summed E-state index contributed by atoms with van der Waals surface area (Å²) in [7, 11) is 0. The van der Waals surface area contributed by atoms with Gasteiger partial charge in [-0.25, -0.2) is 0 Å². The normalized spacial score (nSPS) is 26.3. The Kier molecular flexibility index (Phi) is 4.27. The van der Waals surface area contributed by atoms with Crippen molar-refractivity contribution < 1.29 is 9.53 Å². The fourth-order valence-corrected chi connectivity index (χ4v) is 3.54. The number of primary amides is 1. The molecule has 2 aliphatic heterocycles. The monoisotopic (exact) mass is 288 g/mol. The summed E-state index contributed by atoms with van der Waals surface area (Å²) < 4.78 is 5.53. The minimum Gasteiger partial charge on any atom is -0.376 e. The van der Waals surface area contributed by atoms with E-state index in [0.29, 0.717) is 12.5 Å². The first kappa shape index (κ1) is 14.5. The lowest BCUT2D eigenvalue weighted by Crippen LogP contribution is -2.49. The van der Waals surface area contributed by atoms with Crippen LogP contribution in [0.25, 0.3) is 0 Å². The molecule has 1 fully saturated rings. The molecule has 3 rings (SSSR count). The predicted octanol–water partition coefficient (Wildman–Crippen LogP) is 1.85. The van der Waals surface area contributed by atoms with Crippen molar-refractivity contribution in [3.63, 3.8) is 0 Å². The lowest BCUT2D eigenvalue weighted by Gasteiger charge is -2.37. The number of hydrogen-bond donors (Lipinski definition) is 1. The van der Waals surface area contributed by atoms with E-state index in [4.69, 9.17) is 10.5 Å². The van der Waals surface area contributed by atoms with Crippen molar-refractivity contribution >= 4 is 5.91 Å². The van der Waals surface area contributed by atoms with Gasteiger partial charge in [0.05, 0.1) is 19.3 Å². The van der Waals surface area contributed by atoms with Gasteiger partial charge in [0.15, 0.2) is 0 Å². The van der Waals surface area contributed by atoms with Crippen molar-refractivity contribution in [1.82, 2.24) is 4.90 Å². The van der Waals surface area contributed by atoms with Gasteiger partial charge in [-0.3, -0.25) is 9.69 Å². The Bertz CT molecular complexity index is 530. The number of piperidine rings is 1. The molecule has 4 nitrogen and oxygen atoms in total. The highest BCUT2D eigenvalue weighted by atomic mass is 16.5. The first-order valence-corrected chi connectivity index (χ1v) is 7.86. The minimum atomic E-state index is -0.185. The van der Waals surface area contributed by atoms with Gasteiger partial charge in [0.25, 0.3) is 0 Å². The Morgan fingerprint density at radius 1 is 1.48 bits per heavy atom. The third kappa shape index (κ3) is 3.11. The molecule has 0 radical (unpaired) electrons. The van der Waals surface area contributed by atoms with Crippen LogP contribution in [-0.4, -0.2) is 30.0 Å². The number of carbonyl (C=O) groups is 1. The van der Waals surface area contributed by atoms with E-state index in [2.05, 4.69) is 30.0 Å². The number of carbonyl (C=O) groups excluding carboxylic acids is 1. The van der Waals surface area contributed by atoms with Crippen molar-refractivity contribution in [2.45, 2.75) is 45.4 Å². The van der Waals surface area contributed by atoms with Gasteiger partial charge in [0.1, 0.15) is 0 Å². The molecule has 2 atom stereocenters. The van der Waals surface area contributed by atoms with E-state index in [0.717, 1.165) is 39.0 Å². The van der Waals surface area contributed by atoms with Crippen LogP contribution in [0, 0.1) is 5.92 Å². The Balaban J connectivity index is 1.81. The zero-order chi connectivity index (χ0) is 14.8. The molecular weight excluding hydrogens is 264 g/mol. The summed E-state index contributed by atoms with van der Waals surface area (Å²) in [5.41, 5.74) is 9.64. The molecule has 2 N–H and O–H groups in total. The second-order valence-electron chi connectivity index (χ2n) is 6.38. The molecule has 4 heteroatoms. The highest BCUT2D eigenvalue weighted by Gasteiger charge is 2.30. The highest BCUT2D eigenvalue weighted by Crippen LogP contribution is 2.27. The number of nitrogens with two attached hydrogens (primary N) is 1. The topological polar surface area (TPSA) is 55.6 Å². The van der Waals surface area contributed by atoms with E-state index in [1.54, 1.807) is 0 Å². The van der Waals surface area contributed by atoms with E-state index in [-0.39, 0.29) is 11.9 Å². The molecular formula is C17H24N2O2. The second kappa shape index (κ2) is 6.16. The van der Waals surface area contributed by atoms with E-state index >= 15 is 0 Å². The highest BCUT2D eigenvalue weighted by molar-refractivity contribution is 5.80. The first-order valence-electron chi connectivity index (χ1n) is 7.86. The van der Waals surface area contributed by atoms with Crippen LogP contribution in [0.2, 0.25) is 0 Å². The van der Waals surface area contributed by atoms with E-state index in [1.165, 1.54) is 16.7 Å². The van der Waals surface area contributed by atoms with Crippen LogP contribution in [-0.2, 0) is 29.1 Å². The van der Waals surface area contributed by atoms with Crippen LogP contribution in [0.5, 0.6) is 0 Å². The Labute approximate surface area is 126 Å². The summed E-state index contributed by atoms with van der Waals surface area (Å²) in [5.74, 6) is 0.395. The van der Waals surface area contributed by atoms with Crippen LogP contribution >= 0.6 is 0 Å². The summed E-state index contributed by atoms with van der Waals surface area (Å²) in [6, 6.07) is 6.29. The maximum absolute atomic E-state index is 11.7. The van der Waals surface area contributed by atoms with Gasteiger partial charge >= 0.3 is 0 Å². The number of likely N-dealkylation sites (tertiary alicyclic amines) is 1. The quantitative estimate of drug-likeness (QED) is 0.923. The third-order valence-electron chi connectivity index (χ3n) is 4.80. The Hall–Kier alpha value is -1.39. The fourth-order valence-electron chi connectivity index (χ4n) is 3.54. The van der Waals surface area contributed by atoms with E-state index in [9.17, 15) is 4.79 Å². The predicted molar refractivity (Wildman–Crippen MR) is 81.6 cm³/mol.